The fraction of sp³-hybridized carbons (Fsp3) is 0.400. The molecule has 20 heavy (non-hydrogen) atoms. The lowest BCUT2D eigenvalue weighted by Crippen LogP contribution is -2.34. The lowest BCUT2D eigenvalue weighted by molar-refractivity contribution is 0.573. The maximum atomic E-state index is 12.1. The Morgan fingerprint density at radius 1 is 1.15 bits per heavy atom. The van der Waals surface area contributed by atoms with Gasteiger partial charge in [-0.1, -0.05) is 15.9 Å². The molecule has 1 aromatic rings. The molecule has 0 unspecified atom stereocenters. The highest BCUT2D eigenvalue weighted by Crippen LogP contribution is 2.25. The van der Waals surface area contributed by atoms with Gasteiger partial charge in [0.05, 0.1) is 11.2 Å². The van der Waals surface area contributed by atoms with Crippen molar-refractivity contribution in [3.8, 4) is 0 Å². The van der Waals surface area contributed by atoms with Gasteiger partial charge in [-0.15, -0.1) is 0 Å². The average molecular weight is 386 g/mol. The van der Waals surface area contributed by atoms with Crippen molar-refractivity contribution in [1.29, 1.82) is 0 Å². The Morgan fingerprint density at radius 2 is 1.70 bits per heavy atom. The molecule has 0 aliphatic rings. The Hall–Kier alpha value is -0.680. The third-order valence-electron chi connectivity index (χ3n) is 2.44. The van der Waals surface area contributed by atoms with Gasteiger partial charge in [-0.3, -0.25) is 0 Å². The zero-order valence-corrected chi connectivity index (χ0v) is 14.2. The van der Waals surface area contributed by atoms with Crippen LogP contribution in [-0.2, 0) is 20.0 Å². The molecule has 0 aromatic heterocycles. The van der Waals surface area contributed by atoms with Crippen molar-refractivity contribution in [3.63, 3.8) is 0 Å². The number of sulfonamides is 2. The Morgan fingerprint density at radius 3 is 2.25 bits per heavy atom. The molecule has 0 atom stereocenters. The molecule has 10 heteroatoms. The average Bonchev–Trinajstić information content (AvgIpc) is 2.28. The van der Waals surface area contributed by atoms with Crippen LogP contribution in [-0.4, -0.2) is 36.2 Å². The predicted molar refractivity (Wildman–Crippen MR) is 81.3 cm³/mol. The van der Waals surface area contributed by atoms with Gasteiger partial charge in [-0.05, 0) is 24.6 Å². The van der Waals surface area contributed by atoms with Crippen LogP contribution in [0.2, 0.25) is 0 Å². The summed E-state index contributed by atoms with van der Waals surface area (Å²) in [7, 11) is -7.09. The van der Waals surface area contributed by atoms with Crippen molar-refractivity contribution in [2.45, 2.75) is 11.8 Å². The molecule has 0 amide bonds. The summed E-state index contributed by atoms with van der Waals surface area (Å²) >= 11 is 3.18. The van der Waals surface area contributed by atoms with Gasteiger partial charge in [0, 0.05) is 23.2 Å². The topological polar surface area (TPSA) is 118 Å². The van der Waals surface area contributed by atoms with Crippen molar-refractivity contribution in [2.75, 3.05) is 25.1 Å². The first-order chi connectivity index (χ1) is 9.03. The normalized spacial score (nSPS) is 12.6. The van der Waals surface area contributed by atoms with Crippen LogP contribution in [0.5, 0.6) is 0 Å². The largest absolute Gasteiger partial charge is 0.398 e. The van der Waals surface area contributed by atoms with Crippen LogP contribution >= 0.6 is 15.9 Å². The second kappa shape index (κ2) is 6.39. The Balaban J connectivity index is 2.85. The van der Waals surface area contributed by atoms with Crippen molar-refractivity contribution < 1.29 is 16.8 Å². The van der Waals surface area contributed by atoms with E-state index in [1.807, 2.05) is 0 Å². The van der Waals surface area contributed by atoms with Crippen LogP contribution in [0.3, 0.4) is 0 Å². The summed E-state index contributed by atoms with van der Waals surface area (Å²) < 4.78 is 51.0. The summed E-state index contributed by atoms with van der Waals surface area (Å²) in [5.41, 5.74) is 6.51. The van der Waals surface area contributed by atoms with Crippen LogP contribution in [0, 0.1) is 6.92 Å². The molecule has 0 saturated carbocycles. The van der Waals surface area contributed by atoms with Gasteiger partial charge >= 0.3 is 0 Å². The number of hydrogen-bond acceptors (Lipinski definition) is 5. The molecule has 0 spiro atoms. The van der Waals surface area contributed by atoms with Crippen LogP contribution in [0.25, 0.3) is 0 Å². The molecule has 0 aliphatic carbocycles. The number of hydrogen-bond donors (Lipinski definition) is 3. The van der Waals surface area contributed by atoms with Crippen molar-refractivity contribution in [3.05, 3.63) is 22.2 Å². The molecule has 0 fully saturated rings. The highest BCUT2D eigenvalue weighted by atomic mass is 79.9. The van der Waals surface area contributed by atoms with E-state index >= 15 is 0 Å². The lowest BCUT2D eigenvalue weighted by atomic mass is 10.2. The smallest absolute Gasteiger partial charge is 0.240 e. The third kappa shape index (κ3) is 5.02. The molecule has 1 aromatic carbocycles. The number of nitrogens with one attached hydrogen (secondary N) is 2. The van der Waals surface area contributed by atoms with Crippen LogP contribution in [0.1, 0.15) is 5.56 Å². The number of benzene rings is 1. The minimum absolute atomic E-state index is 0.0272. The summed E-state index contributed by atoms with van der Waals surface area (Å²) in [5.74, 6) is 0. The van der Waals surface area contributed by atoms with Gasteiger partial charge < -0.3 is 5.73 Å². The first-order valence-corrected chi connectivity index (χ1v) is 9.69. The van der Waals surface area contributed by atoms with Gasteiger partial charge in [-0.25, -0.2) is 26.3 Å². The number of nitrogen functional groups attached to an aromatic ring is 1. The molecule has 0 bridgehead atoms. The fourth-order valence-corrected chi connectivity index (χ4v) is 3.88. The van der Waals surface area contributed by atoms with Crippen molar-refractivity contribution in [2.24, 2.45) is 0 Å². The molecular formula is C10H16BrN3O4S2. The van der Waals surface area contributed by atoms with E-state index in [-0.39, 0.29) is 18.0 Å². The Bertz CT molecular complexity index is 701. The summed E-state index contributed by atoms with van der Waals surface area (Å²) in [5, 5.41) is 0. The maximum Gasteiger partial charge on any atom is 0.240 e. The lowest BCUT2D eigenvalue weighted by Gasteiger charge is -2.11. The van der Waals surface area contributed by atoms with Crippen LogP contribution < -0.4 is 15.2 Å². The van der Waals surface area contributed by atoms with Gasteiger partial charge in [0.2, 0.25) is 20.0 Å². The Kier molecular flexibility index (Phi) is 5.55. The zero-order chi connectivity index (χ0) is 15.6. The first kappa shape index (κ1) is 17.4. The van der Waals surface area contributed by atoms with Crippen LogP contribution in [0.4, 0.5) is 5.69 Å². The van der Waals surface area contributed by atoms with E-state index in [9.17, 15) is 16.8 Å². The minimum Gasteiger partial charge on any atom is -0.398 e. The van der Waals surface area contributed by atoms with Crippen molar-refractivity contribution >= 4 is 41.7 Å². The zero-order valence-electron chi connectivity index (χ0n) is 11.0. The van der Waals surface area contributed by atoms with E-state index in [0.29, 0.717) is 15.7 Å². The Labute approximate surface area is 127 Å². The quantitative estimate of drug-likeness (QED) is 0.476. The molecule has 114 valence electrons. The molecule has 0 saturated heterocycles. The second-order valence-corrected chi connectivity index (χ2v) is 8.67. The van der Waals surface area contributed by atoms with E-state index in [1.54, 1.807) is 13.0 Å². The maximum absolute atomic E-state index is 12.1. The van der Waals surface area contributed by atoms with E-state index in [4.69, 9.17) is 5.73 Å². The van der Waals surface area contributed by atoms with Gasteiger partial charge in [0.1, 0.15) is 0 Å². The molecule has 7 nitrogen and oxygen atoms in total. The molecule has 0 radical (unpaired) electrons. The summed E-state index contributed by atoms with van der Waals surface area (Å²) in [6.45, 7) is 1.52. The molecular weight excluding hydrogens is 370 g/mol. The fourth-order valence-electron chi connectivity index (χ4n) is 1.45. The third-order valence-corrected chi connectivity index (χ3v) is 5.21. The number of halogens is 1. The molecule has 4 N–H and O–H groups in total. The highest BCUT2D eigenvalue weighted by molar-refractivity contribution is 9.10. The van der Waals surface area contributed by atoms with E-state index in [1.165, 1.54) is 6.07 Å². The van der Waals surface area contributed by atoms with Gasteiger partial charge in [0.25, 0.3) is 0 Å². The van der Waals surface area contributed by atoms with Gasteiger partial charge in [-0.2, -0.15) is 0 Å². The minimum atomic E-state index is -3.75. The molecule has 0 aliphatic heterocycles. The van der Waals surface area contributed by atoms with E-state index in [2.05, 4.69) is 25.4 Å². The summed E-state index contributed by atoms with van der Waals surface area (Å²) in [4.78, 5) is 0.0590. The standard InChI is InChI=1S/C10H16BrN3O4S2/c1-7-9(12)5-8(11)6-10(7)20(17,18)14-4-3-13-19(2,15)16/h5-6,13-14H,3-4,12H2,1-2H3. The highest BCUT2D eigenvalue weighted by Gasteiger charge is 2.18. The van der Waals surface area contributed by atoms with Crippen molar-refractivity contribution in [1.82, 2.24) is 9.44 Å². The van der Waals surface area contributed by atoms with E-state index in [0.717, 1.165) is 6.26 Å². The second-order valence-electron chi connectivity index (χ2n) is 4.18. The number of anilines is 1. The summed E-state index contributed by atoms with van der Waals surface area (Å²) in [6, 6.07) is 3.05. The van der Waals surface area contributed by atoms with Crippen LogP contribution in [0.15, 0.2) is 21.5 Å². The SMILES string of the molecule is Cc1c(N)cc(Br)cc1S(=O)(=O)NCCNS(C)(=O)=O. The number of nitrogens with two attached hydrogens (primary N) is 1. The van der Waals surface area contributed by atoms with E-state index < -0.39 is 20.0 Å². The first-order valence-electron chi connectivity index (χ1n) is 5.53. The van der Waals surface area contributed by atoms with Gasteiger partial charge in [0.15, 0.2) is 0 Å². The molecule has 1 rings (SSSR count). The molecule has 0 heterocycles. The monoisotopic (exact) mass is 385 g/mol. The predicted octanol–water partition coefficient (Wildman–Crippen LogP) is 0.167. The summed E-state index contributed by atoms with van der Waals surface area (Å²) in [6.07, 6.45) is 1.00. The number of rotatable bonds is 6.